The van der Waals surface area contributed by atoms with Crippen molar-refractivity contribution < 1.29 is 8.83 Å². The Balaban J connectivity index is 0.851. The van der Waals surface area contributed by atoms with Gasteiger partial charge in [-0.05, 0) is 100 Å². The summed E-state index contributed by atoms with van der Waals surface area (Å²) in [5.74, 6) is 1.79. The molecule has 4 heterocycles. The molecular weight excluding hydrogens is 845 g/mol. The first kappa shape index (κ1) is 38.8. The predicted octanol–water partition coefficient (Wildman–Crippen LogP) is 16.8. The lowest BCUT2D eigenvalue weighted by atomic mass is 10.0. The number of benzene rings is 10. The van der Waals surface area contributed by atoms with Crippen molar-refractivity contribution in [1.82, 2.24) is 19.5 Å². The molecule has 14 aromatic rings. The van der Waals surface area contributed by atoms with Crippen LogP contribution in [0.15, 0.2) is 239 Å². The molecule has 0 aliphatic rings. The van der Waals surface area contributed by atoms with Crippen LogP contribution in [-0.4, -0.2) is 19.5 Å². The largest absolute Gasteiger partial charge is 0.456 e. The summed E-state index contributed by atoms with van der Waals surface area (Å²) in [4.78, 5) is 15.0. The molecule has 0 bridgehead atoms. The van der Waals surface area contributed by atoms with Crippen molar-refractivity contribution in [3.63, 3.8) is 0 Å². The molecule has 0 amide bonds. The van der Waals surface area contributed by atoms with Crippen LogP contribution >= 0.6 is 0 Å². The molecule has 69 heavy (non-hydrogen) atoms. The third-order valence-corrected chi connectivity index (χ3v) is 13.5. The number of para-hydroxylation sites is 1. The minimum atomic E-state index is 0.576. The molecule has 0 atom stereocenters. The molecule has 0 N–H and O–H groups in total. The van der Waals surface area contributed by atoms with E-state index in [1.54, 1.807) is 0 Å². The van der Waals surface area contributed by atoms with Gasteiger partial charge >= 0.3 is 0 Å². The van der Waals surface area contributed by atoms with Gasteiger partial charge in [-0.2, -0.15) is 0 Å². The lowest BCUT2D eigenvalue weighted by Gasteiger charge is -2.10. The van der Waals surface area contributed by atoms with Crippen LogP contribution in [0.4, 0.5) is 0 Å². The van der Waals surface area contributed by atoms with Crippen LogP contribution in [0.3, 0.4) is 0 Å². The summed E-state index contributed by atoms with van der Waals surface area (Å²) < 4.78 is 15.7. The summed E-state index contributed by atoms with van der Waals surface area (Å²) in [6.45, 7) is 0. The maximum absolute atomic E-state index is 6.70. The summed E-state index contributed by atoms with van der Waals surface area (Å²) in [7, 11) is 0. The first-order valence-electron chi connectivity index (χ1n) is 23.2. The Morgan fingerprint density at radius 3 is 1.45 bits per heavy atom. The van der Waals surface area contributed by atoms with Crippen LogP contribution in [0.2, 0.25) is 0 Å². The van der Waals surface area contributed by atoms with Gasteiger partial charge in [-0.3, -0.25) is 0 Å². The van der Waals surface area contributed by atoms with Gasteiger partial charge in [0.2, 0.25) is 0 Å². The number of hydrogen-bond donors (Lipinski definition) is 0. The topological polar surface area (TPSA) is 69.9 Å². The molecule has 322 valence electrons. The van der Waals surface area contributed by atoms with E-state index < -0.39 is 0 Å². The zero-order valence-corrected chi connectivity index (χ0v) is 37.0. The normalized spacial score (nSPS) is 11.8. The van der Waals surface area contributed by atoms with Gasteiger partial charge < -0.3 is 13.4 Å². The van der Waals surface area contributed by atoms with Crippen molar-refractivity contribution in [2.75, 3.05) is 0 Å². The average molecular weight is 883 g/mol. The Labute approximate surface area is 396 Å². The van der Waals surface area contributed by atoms with Gasteiger partial charge in [-0.15, -0.1) is 0 Å². The van der Waals surface area contributed by atoms with E-state index in [0.717, 1.165) is 99.5 Å². The Morgan fingerprint density at radius 1 is 0.261 bits per heavy atom. The minimum absolute atomic E-state index is 0.576. The van der Waals surface area contributed by atoms with E-state index in [1.807, 2.05) is 42.5 Å². The molecule has 0 aliphatic carbocycles. The van der Waals surface area contributed by atoms with Crippen molar-refractivity contribution in [1.29, 1.82) is 0 Å². The number of fused-ring (bicyclic) bond motifs is 9. The minimum Gasteiger partial charge on any atom is -0.456 e. The van der Waals surface area contributed by atoms with E-state index in [-0.39, 0.29) is 0 Å². The zero-order chi connectivity index (χ0) is 45.4. The van der Waals surface area contributed by atoms with Crippen LogP contribution in [0.25, 0.3) is 139 Å². The number of furan rings is 2. The summed E-state index contributed by atoms with van der Waals surface area (Å²) in [5, 5.41) is 6.61. The van der Waals surface area contributed by atoms with Crippen molar-refractivity contribution >= 4 is 65.7 Å². The highest BCUT2D eigenvalue weighted by Gasteiger charge is 2.20. The first-order chi connectivity index (χ1) is 34.2. The fourth-order valence-electron chi connectivity index (χ4n) is 10.1. The third kappa shape index (κ3) is 6.53. The molecular formula is C63H38N4O2. The van der Waals surface area contributed by atoms with Gasteiger partial charge in [0.25, 0.3) is 0 Å². The Hall–Kier alpha value is -9.39. The molecule has 0 spiro atoms. The van der Waals surface area contributed by atoms with E-state index in [9.17, 15) is 0 Å². The maximum Gasteiger partial charge on any atom is 0.164 e. The van der Waals surface area contributed by atoms with Crippen molar-refractivity contribution in [3.8, 4) is 73.2 Å². The molecule has 10 aromatic carbocycles. The van der Waals surface area contributed by atoms with Gasteiger partial charge in [0, 0.05) is 43.6 Å². The second-order valence-electron chi connectivity index (χ2n) is 17.6. The molecule has 14 rings (SSSR count). The summed E-state index contributed by atoms with van der Waals surface area (Å²) in [6, 6.07) is 80.4. The van der Waals surface area contributed by atoms with E-state index >= 15 is 0 Å². The number of rotatable bonds is 7. The van der Waals surface area contributed by atoms with Crippen LogP contribution in [0.1, 0.15) is 0 Å². The quantitative estimate of drug-likeness (QED) is 0.159. The lowest BCUT2D eigenvalue weighted by molar-refractivity contribution is 0.669. The molecule has 6 nitrogen and oxygen atoms in total. The molecule has 6 heteroatoms. The highest BCUT2D eigenvalue weighted by molar-refractivity contribution is 6.15. The fourth-order valence-corrected chi connectivity index (χ4v) is 10.1. The first-order valence-corrected chi connectivity index (χ1v) is 23.2. The van der Waals surface area contributed by atoms with Crippen molar-refractivity contribution in [2.24, 2.45) is 0 Å². The van der Waals surface area contributed by atoms with Crippen LogP contribution < -0.4 is 0 Å². The van der Waals surface area contributed by atoms with Gasteiger partial charge in [0.05, 0.1) is 22.1 Å². The van der Waals surface area contributed by atoms with Crippen molar-refractivity contribution in [3.05, 3.63) is 231 Å². The standard InChI is InChI=1S/C63H38N4O2/c1-4-13-39(14-5-1)41-23-25-43(26-24-41)62-64-61(42-17-8-3-9-18-42)65-63(66-62)47-28-32-50-49-31-27-46(37-58(49)69-59(50)38-47)45-30-34-56-52(36-45)60-55(21-12-22-57(60)68-56)67-53-20-11-10-19-48(53)51-35-44(29-33-54(51)67)40-15-6-2-7-16-40/h1-38H. The summed E-state index contributed by atoms with van der Waals surface area (Å²) >= 11 is 0. The molecule has 0 saturated heterocycles. The Morgan fingerprint density at radius 2 is 0.725 bits per heavy atom. The van der Waals surface area contributed by atoms with E-state index in [2.05, 4.69) is 193 Å². The van der Waals surface area contributed by atoms with Crippen LogP contribution in [0, 0.1) is 0 Å². The molecule has 0 unspecified atom stereocenters. The number of nitrogens with zero attached hydrogens (tertiary/aromatic N) is 4. The van der Waals surface area contributed by atoms with E-state index in [0.29, 0.717) is 17.5 Å². The van der Waals surface area contributed by atoms with Crippen LogP contribution in [0.5, 0.6) is 0 Å². The third-order valence-electron chi connectivity index (χ3n) is 13.5. The van der Waals surface area contributed by atoms with Gasteiger partial charge in [0.1, 0.15) is 22.3 Å². The van der Waals surface area contributed by atoms with E-state index in [4.69, 9.17) is 23.8 Å². The Bertz CT molecular complexity index is 4290. The van der Waals surface area contributed by atoms with Gasteiger partial charge in [-0.1, -0.05) is 164 Å². The zero-order valence-electron chi connectivity index (χ0n) is 37.0. The molecule has 0 saturated carbocycles. The Kier molecular flexibility index (Phi) is 8.79. The van der Waals surface area contributed by atoms with Gasteiger partial charge in [-0.25, -0.2) is 15.0 Å². The number of hydrogen-bond acceptors (Lipinski definition) is 5. The van der Waals surface area contributed by atoms with E-state index in [1.165, 1.54) is 21.9 Å². The molecule has 0 fully saturated rings. The highest BCUT2D eigenvalue weighted by Crippen LogP contribution is 2.42. The highest BCUT2D eigenvalue weighted by atomic mass is 16.3. The second-order valence-corrected chi connectivity index (χ2v) is 17.6. The fraction of sp³-hybridized carbons (Fsp3) is 0. The smallest absolute Gasteiger partial charge is 0.164 e. The molecule has 4 aromatic heterocycles. The second kappa shape index (κ2) is 15.6. The van der Waals surface area contributed by atoms with Crippen molar-refractivity contribution in [2.45, 2.75) is 0 Å². The maximum atomic E-state index is 6.70. The molecule has 0 radical (unpaired) electrons. The van der Waals surface area contributed by atoms with Crippen LogP contribution in [-0.2, 0) is 0 Å². The van der Waals surface area contributed by atoms with Gasteiger partial charge in [0.15, 0.2) is 17.5 Å². The summed E-state index contributed by atoms with van der Waals surface area (Å²) in [5.41, 5.74) is 16.1. The number of aromatic nitrogens is 4. The lowest BCUT2D eigenvalue weighted by Crippen LogP contribution is -2.00. The monoisotopic (exact) mass is 882 g/mol. The molecule has 0 aliphatic heterocycles. The average Bonchev–Trinajstić information content (AvgIpc) is 4.10. The SMILES string of the molecule is c1ccc(-c2ccc(-c3nc(-c4ccccc4)nc(-c4ccc5c(c4)oc4cc(-c6ccc7oc8cccc(-n9c%10ccccc%10c%10cc(-c%11ccccc%11)ccc%109)c8c7c6)ccc45)n3)cc2)cc1. The summed E-state index contributed by atoms with van der Waals surface area (Å²) in [6.07, 6.45) is 0. The predicted molar refractivity (Wildman–Crippen MR) is 281 cm³/mol.